The molecular weight excluding hydrogens is 392 g/mol. The standard InChI is InChI=1S/C19H18N6O5/c1-13-22-23-24-25(13)16(10-14-6-3-2-4-7-14)18(27)30-12-17(26)21-19(28)20-11-15-8-5-9-29-15/h2-10H,11-12H2,1H3,(H2,20,21,26,28). The number of ether oxygens (including phenoxy) is 1. The number of rotatable bonds is 7. The number of urea groups is 1. The zero-order valence-electron chi connectivity index (χ0n) is 15.9. The number of carbonyl (C=O) groups is 3. The lowest BCUT2D eigenvalue weighted by Crippen LogP contribution is -2.41. The Kier molecular flexibility index (Phi) is 6.66. The Morgan fingerprint density at radius 2 is 1.97 bits per heavy atom. The predicted octanol–water partition coefficient (Wildman–Crippen LogP) is 1.14. The number of amides is 3. The van der Waals surface area contributed by atoms with E-state index in [1.807, 2.05) is 6.07 Å². The quantitative estimate of drug-likeness (QED) is 0.436. The first-order valence-electron chi connectivity index (χ1n) is 8.82. The number of hydrogen-bond acceptors (Lipinski definition) is 8. The second kappa shape index (κ2) is 9.78. The van der Waals surface area contributed by atoms with Crippen molar-refractivity contribution in [1.29, 1.82) is 0 Å². The van der Waals surface area contributed by atoms with Gasteiger partial charge in [-0.3, -0.25) is 10.1 Å². The second-order valence-electron chi connectivity index (χ2n) is 5.96. The third-order valence-corrected chi connectivity index (χ3v) is 3.76. The van der Waals surface area contributed by atoms with Crippen LogP contribution in [-0.2, 0) is 20.9 Å². The third-order valence-electron chi connectivity index (χ3n) is 3.76. The van der Waals surface area contributed by atoms with Gasteiger partial charge >= 0.3 is 12.0 Å². The van der Waals surface area contributed by atoms with Crippen LogP contribution in [0.5, 0.6) is 0 Å². The molecule has 3 aromatic rings. The Labute approximate surface area is 170 Å². The van der Waals surface area contributed by atoms with E-state index in [0.29, 0.717) is 17.1 Å². The lowest BCUT2D eigenvalue weighted by Gasteiger charge is -2.09. The van der Waals surface area contributed by atoms with Gasteiger partial charge < -0.3 is 14.5 Å². The van der Waals surface area contributed by atoms with Crippen molar-refractivity contribution < 1.29 is 23.5 Å². The lowest BCUT2D eigenvalue weighted by molar-refractivity contribution is -0.142. The molecular formula is C19H18N6O5. The lowest BCUT2D eigenvalue weighted by atomic mass is 10.2. The summed E-state index contributed by atoms with van der Waals surface area (Å²) < 4.78 is 11.3. The molecule has 0 saturated carbocycles. The minimum Gasteiger partial charge on any atom is -0.467 e. The molecule has 1 aromatic carbocycles. The summed E-state index contributed by atoms with van der Waals surface area (Å²) in [5, 5.41) is 15.5. The van der Waals surface area contributed by atoms with Crippen molar-refractivity contribution in [3.8, 4) is 0 Å². The van der Waals surface area contributed by atoms with Gasteiger partial charge in [0.05, 0.1) is 12.8 Å². The average Bonchev–Trinajstić information content (AvgIpc) is 3.41. The molecule has 0 spiro atoms. The molecule has 3 rings (SSSR count). The summed E-state index contributed by atoms with van der Waals surface area (Å²) in [4.78, 5) is 36.2. The van der Waals surface area contributed by atoms with Crippen LogP contribution in [0.1, 0.15) is 17.1 Å². The van der Waals surface area contributed by atoms with Crippen molar-refractivity contribution in [3.63, 3.8) is 0 Å². The zero-order valence-corrected chi connectivity index (χ0v) is 15.9. The number of hydrogen-bond donors (Lipinski definition) is 2. The van der Waals surface area contributed by atoms with E-state index in [2.05, 4.69) is 26.2 Å². The number of furan rings is 1. The first kappa shape index (κ1) is 20.5. The van der Waals surface area contributed by atoms with E-state index in [1.54, 1.807) is 43.3 Å². The fraction of sp³-hybridized carbons (Fsp3) is 0.158. The minimum absolute atomic E-state index is 0.0128. The van der Waals surface area contributed by atoms with Crippen LogP contribution in [0.15, 0.2) is 53.1 Å². The zero-order chi connectivity index (χ0) is 21.3. The molecule has 2 N–H and O–H groups in total. The summed E-state index contributed by atoms with van der Waals surface area (Å²) >= 11 is 0. The van der Waals surface area contributed by atoms with Gasteiger partial charge in [-0.25, -0.2) is 9.59 Å². The van der Waals surface area contributed by atoms with E-state index < -0.39 is 24.5 Å². The van der Waals surface area contributed by atoms with Crippen LogP contribution in [0.25, 0.3) is 11.8 Å². The fourth-order valence-electron chi connectivity index (χ4n) is 2.36. The molecule has 0 unspecified atom stereocenters. The largest absolute Gasteiger partial charge is 0.467 e. The summed E-state index contributed by atoms with van der Waals surface area (Å²) in [6.45, 7) is 1.05. The summed E-state index contributed by atoms with van der Waals surface area (Å²) in [5.41, 5.74) is 0.722. The van der Waals surface area contributed by atoms with Crippen LogP contribution in [-0.4, -0.2) is 44.7 Å². The van der Waals surface area contributed by atoms with Gasteiger partial charge in [0.1, 0.15) is 5.76 Å². The first-order chi connectivity index (χ1) is 14.5. The van der Waals surface area contributed by atoms with Crippen LogP contribution >= 0.6 is 0 Å². The molecule has 0 aliphatic heterocycles. The van der Waals surface area contributed by atoms with E-state index >= 15 is 0 Å². The third kappa shape index (κ3) is 5.61. The fourth-order valence-corrected chi connectivity index (χ4v) is 2.36. The molecule has 11 heteroatoms. The number of imide groups is 1. The van der Waals surface area contributed by atoms with E-state index in [4.69, 9.17) is 9.15 Å². The number of nitrogens with one attached hydrogen (secondary N) is 2. The number of nitrogens with zero attached hydrogens (tertiary/aromatic N) is 4. The van der Waals surface area contributed by atoms with Gasteiger partial charge in [-0.1, -0.05) is 30.3 Å². The average molecular weight is 410 g/mol. The topological polar surface area (TPSA) is 141 Å². The first-order valence-corrected chi connectivity index (χ1v) is 8.82. The Morgan fingerprint density at radius 3 is 2.63 bits per heavy atom. The van der Waals surface area contributed by atoms with E-state index in [1.165, 1.54) is 17.0 Å². The van der Waals surface area contributed by atoms with Crippen molar-refractivity contribution in [3.05, 3.63) is 65.9 Å². The van der Waals surface area contributed by atoms with Crippen molar-refractivity contribution in [1.82, 2.24) is 30.8 Å². The molecule has 2 aromatic heterocycles. The van der Waals surface area contributed by atoms with E-state index in [0.717, 1.165) is 0 Å². The van der Waals surface area contributed by atoms with Gasteiger partial charge in [0.25, 0.3) is 5.91 Å². The van der Waals surface area contributed by atoms with Gasteiger partial charge in [0, 0.05) is 0 Å². The van der Waals surface area contributed by atoms with Gasteiger partial charge in [-0.2, -0.15) is 4.68 Å². The number of aryl methyl sites for hydroxylation is 1. The van der Waals surface area contributed by atoms with Gasteiger partial charge in [-0.05, 0) is 41.1 Å². The highest BCUT2D eigenvalue weighted by molar-refractivity contribution is 6.15. The number of tetrazole rings is 1. The maximum atomic E-state index is 12.6. The Bertz CT molecular complexity index is 1040. The molecule has 154 valence electrons. The van der Waals surface area contributed by atoms with Crippen molar-refractivity contribution >= 4 is 29.7 Å². The summed E-state index contributed by atoms with van der Waals surface area (Å²) in [6.07, 6.45) is 2.99. The van der Waals surface area contributed by atoms with Crippen LogP contribution in [0.2, 0.25) is 0 Å². The Hall–Kier alpha value is -4.28. The van der Waals surface area contributed by atoms with Gasteiger partial charge in [0.15, 0.2) is 18.1 Å². The molecule has 2 heterocycles. The number of aromatic nitrogens is 4. The highest BCUT2D eigenvalue weighted by Crippen LogP contribution is 2.13. The smallest absolute Gasteiger partial charge is 0.357 e. The number of esters is 1. The maximum absolute atomic E-state index is 12.6. The Balaban J connectivity index is 1.59. The van der Waals surface area contributed by atoms with Gasteiger partial charge in [-0.15, -0.1) is 5.10 Å². The van der Waals surface area contributed by atoms with E-state index in [-0.39, 0.29) is 12.2 Å². The maximum Gasteiger partial charge on any atom is 0.357 e. The molecule has 11 nitrogen and oxygen atoms in total. The molecule has 0 atom stereocenters. The van der Waals surface area contributed by atoms with E-state index in [9.17, 15) is 14.4 Å². The molecule has 30 heavy (non-hydrogen) atoms. The van der Waals surface area contributed by atoms with Crippen LogP contribution in [0.4, 0.5) is 4.79 Å². The van der Waals surface area contributed by atoms with Crippen molar-refractivity contribution in [2.24, 2.45) is 0 Å². The molecule has 0 radical (unpaired) electrons. The monoisotopic (exact) mass is 410 g/mol. The van der Waals surface area contributed by atoms with Crippen LogP contribution < -0.4 is 10.6 Å². The SMILES string of the molecule is Cc1nnnn1C(=Cc1ccccc1)C(=O)OCC(=O)NC(=O)NCc1ccco1. The second-order valence-corrected chi connectivity index (χ2v) is 5.96. The highest BCUT2D eigenvalue weighted by Gasteiger charge is 2.19. The number of carbonyl (C=O) groups excluding carboxylic acids is 3. The number of benzene rings is 1. The molecule has 0 bridgehead atoms. The van der Waals surface area contributed by atoms with Crippen LogP contribution in [0, 0.1) is 6.92 Å². The van der Waals surface area contributed by atoms with Crippen molar-refractivity contribution in [2.75, 3.05) is 6.61 Å². The predicted molar refractivity (Wildman–Crippen MR) is 103 cm³/mol. The summed E-state index contributed by atoms with van der Waals surface area (Å²) in [6, 6.07) is 11.6. The summed E-state index contributed by atoms with van der Waals surface area (Å²) in [7, 11) is 0. The normalized spacial score (nSPS) is 11.0. The minimum atomic E-state index is -0.833. The van der Waals surface area contributed by atoms with Gasteiger partial charge in [0.2, 0.25) is 0 Å². The molecule has 3 amide bonds. The van der Waals surface area contributed by atoms with Crippen LogP contribution in [0.3, 0.4) is 0 Å². The Morgan fingerprint density at radius 1 is 1.17 bits per heavy atom. The van der Waals surface area contributed by atoms with Crippen molar-refractivity contribution in [2.45, 2.75) is 13.5 Å². The molecule has 0 fully saturated rings. The molecule has 0 aliphatic rings. The summed E-state index contributed by atoms with van der Waals surface area (Å²) in [5.74, 6) is -0.749. The molecule has 0 aliphatic carbocycles. The highest BCUT2D eigenvalue weighted by atomic mass is 16.5. The molecule has 0 saturated heterocycles.